The smallest absolute Gasteiger partial charge is 0.318 e. The Labute approximate surface area is 97.7 Å². The van der Waals surface area contributed by atoms with Gasteiger partial charge in [-0.2, -0.15) is 0 Å². The fourth-order valence-corrected chi connectivity index (χ4v) is 1.88. The summed E-state index contributed by atoms with van der Waals surface area (Å²) in [5.74, 6) is -0.0111. The van der Waals surface area contributed by atoms with Crippen LogP contribution in [0.3, 0.4) is 0 Å². The molecule has 6 nitrogen and oxygen atoms in total. The number of anilines is 1. The van der Waals surface area contributed by atoms with Crippen LogP contribution in [0.2, 0.25) is 0 Å². The number of rotatable bonds is 3. The maximum absolute atomic E-state index is 11.2. The predicted octanol–water partition coefficient (Wildman–Crippen LogP) is 0.823. The molecule has 2 atom stereocenters. The molecule has 1 aromatic rings. The van der Waals surface area contributed by atoms with E-state index < -0.39 is 0 Å². The molecule has 1 aliphatic rings. The molecule has 1 aliphatic heterocycles. The predicted molar refractivity (Wildman–Crippen MR) is 58.1 cm³/mol. The summed E-state index contributed by atoms with van der Waals surface area (Å²) in [5, 5.41) is 7.34. The first-order valence-corrected chi connectivity index (χ1v) is 5.56. The van der Waals surface area contributed by atoms with Gasteiger partial charge in [-0.3, -0.25) is 4.79 Å². The van der Waals surface area contributed by atoms with Crippen molar-refractivity contribution in [2.45, 2.75) is 31.2 Å². The molecule has 7 heteroatoms. The Balaban J connectivity index is 2.19. The molecule has 1 fully saturated rings. The second-order valence-electron chi connectivity index (χ2n) is 3.79. The number of hydrogen-bond acceptors (Lipinski definition) is 5. The maximum atomic E-state index is 11.2. The molecule has 16 heavy (non-hydrogen) atoms. The Kier molecular flexibility index (Phi) is 3.00. The van der Waals surface area contributed by atoms with E-state index in [1.165, 1.54) is 0 Å². The van der Waals surface area contributed by atoms with Gasteiger partial charge in [0.1, 0.15) is 11.4 Å². The van der Waals surface area contributed by atoms with Gasteiger partial charge in [0.15, 0.2) is 0 Å². The number of hydrogen-bond donors (Lipinski definition) is 1. The molecule has 2 N–H and O–H groups in total. The molecule has 1 aromatic heterocycles. The van der Waals surface area contributed by atoms with Gasteiger partial charge < -0.3 is 15.1 Å². The second kappa shape index (κ2) is 4.29. The minimum Gasteiger partial charge on any atom is -0.406 e. The van der Waals surface area contributed by atoms with Gasteiger partial charge in [0.2, 0.25) is 11.8 Å². The average Bonchev–Trinajstić information content (AvgIpc) is 2.86. The molecule has 1 saturated heterocycles. The highest BCUT2D eigenvalue weighted by Crippen LogP contribution is 2.27. The monoisotopic (exact) mass is 244 g/mol. The average molecular weight is 245 g/mol. The van der Waals surface area contributed by atoms with Crippen LogP contribution in [0.15, 0.2) is 4.42 Å². The van der Waals surface area contributed by atoms with Crippen molar-refractivity contribution >= 4 is 23.5 Å². The minimum absolute atomic E-state index is 0.323. The zero-order valence-electron chi connectivity index (χ0n) is 8.89. The standard InChI is InChI=1S/C9H13ClN4O2/c1-5(10)8-12-13-9(16-8)14-4-2-3-6(14)7(11)15/h5-6H,2-4H2,1H3,(H2,11,15). The highest BCUT2D eigenvalue weighted by atomic mass is 35.5. The van der Waals surface area contributed by atoms with Crippen LogP contribution in [0.5, 0.6) is 0 Å². The van der Waals surface area contributed by atoms with E-state index in [0.717, 1.165) is 12.8 Å². The fraction of sp³-hybridized carbons (Fsp3) is 0.667. The number of nitrogens with two attached hydrogens (primary N) is 1. The van der Waals surface area contributed by atoms with E-state index in [-0.39, 0.29) is 17.3 Å². The molecule has 88 valence electrons. The van der Waals surface area contributed by atoms with Gasteiger partial charge in [-0.15, -0.1) is 16.7 Å². The number of aromatic nitrogens is 2. The molecule has 0 spiro atoms. The van der Waals surface area contributed by atoms with E-state index in [1.54, 1.807) is 11.8 Å². The van der Waals surface area contributed by atoms with Crippen molar-refractivity contribution in [3.05, 3.63) is 5.89 Å². The lowest BCUT2D eigenvalue weighted by molar-refractivity contribution is -0.119. The van der Waals surface area contributed by atoms with Crippen molar-refractivity contribution < 1.29 is 9.21 Å². The summed E-state index contributed by atoms with van der Waals surface area (Å²) in [6.07, 6.45) is 1.62. The first-order chi connectivity index (χ1) is 7.59. The highest BCUT2D eigenvalue weighted by molar-refractivity contribution is 6.20. The van der Waals surface area contributed by atoms with E-state index >= 15 is 0 Å². The van der Waals surface area contributed by atoms with Crippen LogP contribution in [0, 0.1) is 0 Å². The largest absolute Gasteiger partial charge is 0.406 e. The number of carbonyl (C=O) groups is 1. The van der Waals surface area contributed by atoms with Crippen LogP contribution in [0.25, 0.3) is 0 Å². The van der Waals surface area contributed by atoms with Crippen molar-refractivity contribution in [3.8, 4) is 0 Å². The fourth-order valence-electron chi connectivity index (χ4n) is 1.79. The summed E-state index contributed by atoms with van der Waals surface area (Å²) in [5.41, 5.74) is 5.30. The van der Waals surface area contributed by atoms with Crippen LogP contribution in [0.1, 0.15) is 31.0 Å². The topological polar surface area (TPSA) is 85.3 Å². The number of nitrogens with zero attached hydrogens (tertiary/aromatic N) is 3. The molecule has 2 unspecified atom stereocenters. The van der Waals surface area contributed by atoms with Crippen LogP contribution in [0.4, 0.5) is 6.01 Å². The third-order valence-corrected chi connectivity index (χ3v) is 2.78. The quantitative estimate of drug-likeness (QED) is 0.796. The summed E-state index contributed by atoms with van der Waals surface area (Å²) >= 11 is 5.82. The Morgan fingerprint density at radius 3 is 3.00 bits per heavy atom. The maximum Gasteiger partial charge on any atom is 0.318 e. The molecular formula is C9H13ClN4O2. The van der Waals surface area contributed by atoms with E-state index in [0.29, 0.717) is 18.5 Å². The number of carbonyl (C=O) groups excluding carboxylic acids is 1. The number of primary amides is 1. The van der Waals surface area contributed by atoms with Gasteiger partial charge in [0, 0.05) is 6.54 Å². The van der Waals surface area contributed by atoms with Crippen LogP contribution >= 0.6 is 11.6 Å². The summed E-state index contributed by atoms with van der Waals surface area (Å²) in [6, 6.07) is -0.0252. The van der Waals surface area contributed by atoms with Crippen molar-refractivity contribution in [2.75, 3.05) is 11.4 Å². The van der Waals surface area contributed by atoms with Gasteiger partial charge in [-0.05, 0) is 19.8 Å². The molecule has 1 amide bonds. The Morgan fingerprint density at radius 1 is 1.69 bits per heavy atom. The van der Waals surface area contributed by atoms with E-state index in [9.17, 15) is 4.79 Å². The number of halogens is 1. The van der Waals surface area contributed by atoms with Gasteiger partial charge in [0.05, 0.1) is 0 Å². The molecule has 2 rings (SSSR count). The van der Waals surface area contributed by atoms with Crippen molar-refractivity contribution in [1.82, 2.24) is 10.2 Å². The van der Waals surface area contributed by atoms with Gasteiger partial charge in [0.25, 0.3) is 0 Å². The third kappa shape index (κ3) is 1.97. The lowest BCUT2D eigenvalue weighted by atomic mass is 10.2. The Hall–Kier alpha value is -1.30. The highest BCUT2D eigenvalue weighted by Gasteiger charge is 2.32. The third-order valence-electron chi connectivity index (χ3n) is 2.60. The lowest BCUT2D eigenvalue weighted by Gasteiger charge is -2.18. The summed E-state index contributed by atoms with van der Waals surface area (Å²) < 4.78 is 5.37. The summed E-state index contributed by atoms with van der Waals surface area (Å²) in [6.45, 7) is 2.44. The van der Waals surface area contributed by atoms with Crippen molar-refractivity contribution in [2.24, 2.45) is 5.73 Å². The molecule has 0 aliphatic carbocycles. The van der Waals surface area contributed by atoms with Gasteiger partial charge in [-0.25, -0.2) is 0 Å². The lowest BCUT2D eigenvalue weighted by Crippen LogP contribution is -2.40. The van der Waals surface area contributed by atoms with E-state index in [4.69, 9.17) is 21.8 Å². The molecule has 0 saturated carbocycles. The molecular weight excluding hydrogens is 232 g/mol. The summed E-state index contributed by atoms with van der Waals surface area (Å²) in [7, 11) is 0. The summed E-state index contributed by atoms with van der Waals surface area (Å²) in [4.78, 5) is 12.9. The van der Waals surface area contributed by atoms with Gasteiger partial charge >= 0.3 is 6.01 Å². The van der Waals surface area contributed by atoms with Crippen molar-refractivity contribution in [1.29, 1.82) is 0 Å². The van der Waals surface area contributed by atoms with Crippen molar-refractivity contribution in [3.63, 3.8) is 0 Å². The number of amides is 1. The zero-order valence-corrected chi connectivity index (χ0v) is 9.65. The first kappa shape index (κ1) is 11.2. The zero-order chi connectivity index (χ0) is 11.7. The molecule has 0 aromatic carbocycles. The second-order valence-corrected chi connectivity index (χ2v) is 4.45. The first-order valence-electron chi connectivity index (χ1n) is 5.13. The van der Waals surface area contributed by atoms with E-state index in [1.807, 2.05) is 0 Å². The van der Waals surface area contributed by atoms with E-state index in [2.05, 4.69) is 10.2 Å². The van der Waals surface area contributed by atoms with Crippen LogP contribution < -0.4 is 10.6 Å². The number of alkyl halides is 1. The van der Waals surface area contributed by atoms with Crippen LogP contribution in [-0.2, 0) is 4.79 Å². The molecule has 2 heterocycles. The normalized spacial score (nSPS) is 22.4. The van der Waals surface area contributed by atoms with Crippen LogP contribution in [-0.4, -0.2) is 28.7 Å². The SMILES string of the molecule is CC(Cl)c1nnc(N2CCCC2C(N)=O)o1. The Morgan fingerprint density at radius 2 is 2.44 bits per heavy atom. The van der Waals surface area contributed by atoms with Gasteiger partial charge in [-0.1, -0.05) is 5.10 Å². The minimum atomic E-state index is -0.365. The Bertz CT molecular complexity index is 393. The molecule has 0 radical (unpaired) electrons. The molecule has 0 bridgehead atoms.